The average molecular weight is 527 g/mol. The second kappa shape index (κ2) is 10.0. The molecule has 6 rings (SSSR count). The molecule has 0 unspecified atom stereocenters. The quantitative estimate of drug-likeness (QED) is 0.289. The monoisotopic (exact) mass is 526 g/mol. The lowest BCUT2D eigenvalue weighted by Crippen LogP contribution is -2.25. The lowest BCUT2D eigenvalue weighted by atomic mass is 9.98. The normalized spacial score (nSPS) is 14.4. The number of amides is 1. The summed E-state index contributed by atoms with van der Waals surface area (Å²) in [7, 11) is 0. The molecule has 0 spiro atoms. The summed E-state index contributed by atoms with van der Waals surface area (Å²) in [5.41, 5.74) is 3.77. The third kappa shape index (κ3) is 4.78. The van der Waals surface area contributed by atoms with Crippen LogP contribution in [0.1, 0.15) is 52.9 Å². The molecule has 0 radical (unpaired) electrons. The number of aromatic nitrogens is 1. The summed E-state index contributed by atoms with van der Waals surface area (Å²) in [6.07, 6.45) is 2.98. The highest BCUT2D eigenvalue weighted by atomic mass is 19.1. The van der Waals surface area contributed by atoms with Gasteiger partial charge in [-0.05, 0) is 60.2 Å². The van der Waals surface area contributed by atoms with Crippen LogP contribution < -0.4 is 5.43 Å². The number of pyridine rings is 1. The number of carbonyl (C=O) groups excluding carboxylic acids is 2. The van der Waals surface area contributed by atoms with Gasteiger partial charge in [0.2, 0.25) is 5.43 Å². The van der Waals surface area contributed by atoms with Gasteiger partial charge in [-0.1, -0.05) is 42.5 Å². The molecule has 3 aromatic carbocycles. The molecule has 1 aliphatic heterocycles. The summed E-state index contributed by atoms with van der Waals surface area (Å²) in [5.74, 6) is -1.26. The Bertz CT molecular complexity index is 1660. The Morgan fingerprint density at radius 2 is 1.74 bits per heavy atom. The van der Waals surface area contributed by atoms with Crippen molar-refractivity contribution in [2.45, 2.75) is 45.5 Å². The fourth-order valence-corrected chi connectivity index (χ4v) is 5.10. The highest BCUT2D eigenvalue weighted by molar-refractivity contribution is 5.95. The molecule has 0 bridgehead atoms. The summed E-state index contributed by atoms with van der Waals surface area (Å²) >= 11 is 0. The second-order valence-corrected chi connectivity index (χ2v) is 9.96. The molecule has 0 N–H and O–H groups in total. The zero-order chi connectivity index (χ0) is 27.1. The first-order chi connectivity index (χ1) is 18.9. The Morgan fingerprint density at radius 1 is 0.974 bits per heavy atom. The summed E-state index contributed by atoms with van der Waals surface area (Å²) < 4.78 is 27.9. The maximum Gasteiger partial charge on any atom is 0.410 e. The average Bonchev–Trinajstić information content (AvgIpc) is 3.70. The first kappa shape index (κ1) is 24.9. The number of esters is 1. The Kier molecular flexibility index (Phi) is 6.38. The van der Waals surface area contributed by atoms with Gasteiger partial charge in [0.05, 0.1) is 12.1 Å². The van der Waals surface area contributed by atoms with E-state index in [1.54, 1.807) is 24.1 Å². The number of fused-ring (bicyclic) bond motifs is 2. The van der Waals surface area contributed by atoms with E-state index >= 15 is 4.39 Å². The largest absolute Gasteiger partial charge is 0.462 e. The van der Waals surface area contributed by atoms with Gasteiger partial charge in [0.1, 0.15) is 18.0 Å². The summed E-state index contributed by atoms with van der Waals surface area (Å²) in [5, 5.41) is 0.155. The van der Waals surface area contributed by atoms with Crippen LogP contribution in [0, 0.1) is 5.82 Å². The van der Waals surface area contributed by atoms with Crippen LogP contribution in [0.5, 0.6) is 0 Å². The number of halogens is 1. The molecule has 2 heterocycles. The Morgan fingerprint density at radius 3 is 2.49 bits per heavy atom. The van der Waals surface area contributed by atoms with E-state index in [1.807, 2.05) is 53.1 Å². The van der Waals surface area contributed by atoms with E-state index < -0.39 is 23.3 Å². The van der Waals surface area contributed by atoms with E-state index in [9.17, 15) is 14.4 Å². The predicted octanol–water partition coefficient (Wildman–Crippen LogP) is 5.97. The van der Waals surface area contributed by atoms with E-state index in [2.05, 4.69) is 0 Å². The van der Waals surface area contributed by atoms with Crippen LogP contribution in [0.25, 0.3) is 22.0 Å². The zero-order valence-corrected chi connectivity index (χ0v) is 21.5. The van der Waals surface area contributed by atoms with Gasteiger partial charge in [0, 0.05) is 36.3 Å². The molecule has 0 atom stereocenters. The topological polar surface area (TPSA) is 77.8 Å². The third-order valence-corrected chi connectivity index (χ3v) is 7.26. The van der Waals surface area contributed by atoms with Gasteiger partial charge in [-0.25, -0.2) is 14.0 Å². The van der Waals surface area contributed by atoms with Gasteiger partial charge >= 0.3 is 12.1 Å². The lowest BCUT2D eigenvalue weighted by molar-refractivity contribution is 0.0524. The molecule has 1 aliphatic carbocycles. The van der Waals surface area contributed by atoms with Gasteiger partial charge < -0.3 is 14.0 Å². The van der Waals surface area contributed by atoms with E-state index in [4.69, 9.17) is 9.47 Å². The van der Waals surface area contributed by atoms with E-state index in [-0.39, 0.29) is 30.2 Å². The number of hydrogen-bond acceptors (Lipinski definition) is 5. The fourth-order valence-electron chi connectivity index (χ4n) is 5.10. The van der Waals surface area contributed by atoms with Crippen molar-refractivity contribution in [3.8, 4) is 11.1 Å². The second-order valence-electron chi connectivity index (χ2n) is 9.96. The molecule has 2 aliphatic rings. The van der Waals surface area contributed by atoms with Crippen molar-refractivity contribution >= 4 is 23.0 Å². The van der Waals surface area contributed by atoms with Crippen LogP contribution in [-0.2, 0) is 29.2 Å². The highest BCUT2D eigenvalue weighted by Crippen LogP contribution is 2.39. The number of benzene rings is 3. The molecule has 1 amide bonds. The Labute approximate surface area is 224 Å². The standard InChI is InChI=1S/C31H27FN2O5/c1-2-38-30(36)26-17-34(23-10-11-23)28-14-24(27(32)13-25(28)29(26)35)20-8-9-21-15-33(16-22(21)12-20)31(37)39-18-19-6-4-3-5-7-19/h3-9,12-14,17,23H,2,10-11,15-16,18H2,1H3. The van der Waals surface area contributed by atoms with Crippen LogP contribution in [0.3, 0.4) is 0 Å². The van der Waals surface area contributed by atoms with E-state index in [1.165, 1.54) is 6.07 Å². The summed E-state index contributed by atoms with van der Waals surface area (Å²) in [6, 6.07) is 18.2. The van der Waals surface area contributed by atoms with Crippen molar-refractivity contribution in [1.29, 1.82) is 0 Å². The van der Waals surface area contributed by atoms with E-state index in [0.29, 0.717) is 29.7 Å². The maximum atomic E-state index is 15.5. The zero-order valence-electron chi connectivity index (χ0n) is 21.5. The first-order valence-corrected chi connectivity index (χ1v) is 13.1. The van der Waals surface area contributed by atoms with Gasteiger partial charge in [0.25, 0.3) is 0 Å². The summed E-state index contributed by atoms with van der Waals surface area (Å²) in [4.78, 5) is 39.8. The van der Waals surface area contributed by atoms with Crippen LogP contribution in [0.4, 0.5) is 9.18 Å². The smallest absolute Gasteiger partial charge is 0.410 e. The molecule has 8 heteroatoms. The fraction of sp³-hybridized carbons (Fsp3) is 0.258. The number of ether oxygens (including phenoxy) is 2. The van der Waals surface area contributed by atoms with Crippen LogP contribution >= 0.6 is 0 Å². The van der Waals surface area contributed by atoms with Crippen molar-refractivity contribution in [3.05, 3.63) is 105 Å². The Balaban J connectivity index is 1.29. The molecule has 4 aromatic rings. The van der Waals surface area contributed by atoms with Crippen LogP contribution in [0.2, 0.25) is 0 Å². The van der Waals surface area contributed by atoms with Crippen molar-refractivity contribution in [2.24, 2.45) is 0 Å². The first-order valence-electron chi connectivity index (χ1n) is 13.1. The van der Waals surface area contributed by atoms with Crippen molar-refractivity contribution in [2.75, 3.05) is 6.61 Å². The predicted molar refractivity (Wildman–Crippen MR) is 144 cm³/mol. The minimum atomic E-state index is -0.700. The molecule has 0 saturated heterocycles. The van der Waals surface area contributed by atoms with Gasteiger partial charge in [0.15, 0.2) is 0 Å². The molecule has 198 valence electrons. The van der Waals surface area contributed by atoms with Crippen LogP contribution in [0.15, 0.2) is 71.7 Å². The van der Waals surface area contributed by atoms with Gasteiger partial charge in [-0.2, -0.15) is 0 Å². The third-order valence-electron chi connectivity index (χ3n) is 7.26. The van der Waals surface area contributed by atoms with Crippen molar-refractivity contribution in [3.63, 3.8) is 0 Å². The molecular formula is C31H27FN2O5. The maximum absolute atomic E-state index is 15.5. The van der Waals surface area contributed by atoms with Gasteiger partial charge in [-0.15, -0.1) is 0 Å². The molecule has 1 saturated carbocycles. The summed E-state index contributed by atoms with van der Waals surface area (Å²) in [6.45, 7) is 2.80. The molecule has 7 nitrogen and oxygen atoms in total. The lowest BCUT2D eigenvalue weighted by Gasteiger charge is -2.15. The van der Waals surface area contributed by atoms with Crippen LogP contribution in [-0.4, -0.2) is 28.1 Å². The minimum absolute atomic E-state index is 0.0832. The number of nitrogens with zero attached hydrogens (tertiary/aromatic N) is 2. The minimum Gasteiger partial charge on any atom is -0.462 e. The van der Waals surface area contributed by atoms with Crippen molar-refractivity contribution < 1.29 is 23.5 Å². The Hall–Kier alpha value is -4.46. The molecular weight excluding hydrogens is 499 g/mol. The number of carbonyl (C=O) groups is 2. The number of rotatable bonds is 6. The van der Waals surface area contributed by atoms with Gasteiger partial charge in [-0.3, -0.25) is 9.69 Å². The molecule has 39 heavy (non-hydrogen) atoms. The SMILES string of the molecule is CCOC(=O)c1cn(C2CC2)c2cc(-c3ccc4c(c3)CN(C(=O)OCc3ccccc3)C4)c(F)cc2c1=O. The number of hydrogen-bond donors (Lipinski definition) is 0. The highest BCUT2D eigenvalue weighted by Gasteiger charge is 2.29. The van der Waals surface area contributed by atoms with E-state index in [0.717, 1.165) is 29.5 Å². The molecule has 1 fully saturated rings. The van der Waals surface area contributed by atoms with Crippen molar-refractivity contribution in [1.82, 2.24) is 9.47 Å². The molecule has 1 aromatic heterocycles.